The highest BCUT2D eigenvalue weighted by Crippen LogP contribution is 2.28. The van der Waals surface area contributed by atoms with Crippen LogP contribution in [-0.2, 0) is 9.59 Å². The second-order valence-corrected chi connectivity index (χ2v) is 3.93. The predicted molar refractivity (Wildman–Crippen MR) is 46.7 cm³/mol. The van der Waals surface area contributed by atoms with Gasteiger partial charge in [0.25, 0.3) is 0 Å². The third-order valence-corrected chi connectivity index (χ3v) is 3.04. The minimum atomic E-state index is 0.0148. The Morgan fingerprint density at radius 1 is 1.17 bits per heavy atom. The number of Topliss-reactive ketones (excluding diaryl/α,β-unsaturated/α-hetero) is 2. The van der Waals surface area contributed by atoms with Gasteiger partial charge in [-0.3, -0.25) is 9.59 Å². The van der Waals surface area contributed by atoms with Crippen LogP contribution in [0.15, 0.2) is 10.6 Å². The van der Waals surface area contributed by atoms with E-state index < -0.39 is 0 Å². The van der Waals surface area contributed by atoms with Crippen LogP contribution in [0, 0.1) is 0 Å². The van der Waals surface area contributed by atoms with Crippen molar-refractivity contribution in [3.63, 3.8) is 0 Å². The van der Waals surface area contributed by atoms with Crippen LogP contribution in [-0.4, -0.2) is 23.9 Å². The fourth-order valence-electron chi connectivity index (χ4n) is 1.41. The average Bonchev–Trinajstić information content (AvgIpc) is 2.04. The highest BCUT2D eigenvalue weighted by molar-refractivity contribution is 8.03. The maximum atomic E-state index is 11.3. The minimum Gasteiger partial charge on any atom is -0.379 e. The molecule has 0 aromatic rings. The molecule has 2 heterocycles. The van der Waals surface area contributed by atoms with Crippen LogP contribution in [0.3, 0.4) is 0 Å². The first-order valence-electron chi connectivity index (χ1n) is 3.96. The van der Waals surface area contributed by atoms with E-state index in [1.165, 1.54) is 0 Å². The molecule has 0 unspecified atom stereocenters. The molecule has 1 N–H and O–H groups in total. The first-order chi connectivity index (χ1) is 5.79. The van der Waals surface area contributed by atoms with Crippen molar-refractivity contribution < 1.29 is 9.59 Å². The molecular weight excluding hydrogens is 174 g/mol. The standard InChI is InChI=1S/C8H9NO2S/c10-5-1-3-9-8-7(5)6(11)2-4-12-8/h9H,1-4H2. The summed E-state index contributed by atoms with van der Waals surface area (Å²) >= 11 is 1.58. The van der Waals surface area contributed by atoms with Crippen molar-refractivity contribution in [3.05, 3.63) is 10.6 Å². The molecule has 3 nitrogen and oxygen atoms in total. The molecule has 2 aliphatic heterocycles. The predicted octanol–water partition coefficient (Wildman–Crippen LogP) is 0.466. The average molecular weight is 183 g/mol. The van der Waals surface area contributed by atoms with Crippen LogP contribution in [0.5, 0.6) is 0 Å². The zero-order valence-corrected chi connectivity index (χ0v) is 7.37. The first-order valence-corrected chi connectivity index (χ1v) is 4.95. The number of hydrogen-bond acceptors (Lipinski definition) is 4. The van der Waals surface area contributed by atoms with Crippen LogP contribution >= 0.6 is 11.8 Å². The lowest BCUT2D eigenvalue weighted by Crippen LogP contribution is -2.32. The Balaban J connectivity index is 2.40. The first kappa shape index (κ1) is 7.86. The normalized spacial score (nSPS) is 23.7. The van der Waals surface area contributed by atoms with Gasteiger partial charge in [0.2, 0.25) is 0 Å². The SMILES string of the molecule is O=C1CCNC2=C1C(=O)CCS2. The molecular formula is C8H9NO2S. The molecule has 2 rings (SSSR count). The van der Waals surface area contributed by atoms with E-state index in [0.717, 1.165) is 10.8 Å². The topological polar surface area (TPSA) is 46.2 Å². The lowest BCUT2D eigenvalue weighted by molar-refractivity contribution is -0.121. The highest BCUT2D eigenvalue weighted by Gasteiger charge is 2.29. The van der Waals surface area contributed by atoms with Crippen LogP contribution in [0.1, 0.15) is 12.8 Å². The summed E-state index contributed by atoms with van der Waals surface area (Å²) in [6.07, 6.45) is 0.974. The summed E-state index contributed by atoms with van der Waals surface area (Å²) in [5.74, 6) is 0.833. The Kier molecular flexibility index (Phi) is 1.92. The van der Waals surface area contributed by atoms with E-state index in [2.05, 4.69) is 5.32 Å². The van der Waals surface area contributed by atoms with Gasteiger partial charge in [-0.05, 0) is 0 Å². The summed E-state index contributed by atoms with van der Waals surface area (Å²) in [4.78, 5) is 22.6. The van der Waals surface area contributed by atoms with Crippen molar-refractivity contribution in [2.75, 3.05) is 12.3 Å². The van der Waals surface area contributed by atoms with E-state index in [9.17, 15) is 9.59 Å². The molecule has 0 spiro atoms. The molecule has 4 heteroatoms. The Hall–Kier alpha value is -0.770. The highest BCUT2D eigenvalue weighted by atomic mass is 32.2. The minimum absolute atomic E-state index is 0.0148. The van der Waals surface area contributed by atoms with Gasteiger partial charge in [0, 0.05) is 25.1 Å². The third kappa shape index (κ3) is 1.16. The van der Waals surface area contributed by atoms with E-state index >= 15 is 0 Å². The fraction of sp³-hybridized carbons (Fsp3) is 0.500. The fourth-order valence-corrected chi connectivity index (χ4v) is 2.47. The molecule has 0 amide bonds. The number of thioether (sulfide) groups is 1. The molecule has 0 atom stereocenters. The number of carbonyl (C=O) groups excluding carboxylic acids is 2. The lowest BCUT2D eigenvalue weighted by atomic mass is 10.0. The van der Waals surface area contributed by atoms with E-state index in [-0.39, 0.29) is 11.6 Å². The van der Waals surface area contributed by atoms with Crippen molar-refractivity contribution in [1.29, 1.82) is 0 Å². The maximum Gasteiger partial charge on any atom is 0.170 e. The van der Waals surface area contributed by atoms with Crippen LogP contribution < -0.4 is 5.32 Å². The smallest absolute Gasteiger partial charge is 0.170 e. The number of hydrogen-bond donors (Lipinski definition) is 1. The van der Waals surface area contributed by atoms with Gasteiger partial charge in [-0.1, -0.05) is 0 Å². The largest absolute Gasteiger partial charge is 0.379 e. The summed E-state index contributed by atoms with van der Waals surface area (Å²) < 4.78 is 0. The molecule has 0 aliphatic carbocycles. The number of nitrogens with one attached hydrogen (secondary N) is 1. The number of ketones is 2. The van der Waals surface area contributed by atoms with Gasteiger partial charge >= 0.3 is 0 Å². The third-order valence-electron chi connectivity index (χ3n) is 2.00. The molecule has 0 aromatic heterocycles. The molecule has 0 aromatic carbocycles. The van der Waals surface area contributed by atoms with Gasteiger partial charge in [0.05, 0.1) is 10.6 Å². The van der Waals surface area contributed by atoms with Gasteiger partial charge in [0.1, 0.15) is 0 Å². The van der Waals surface area contributed by atoms with E-state index in [1.807, 2.05) is 0 Å². The monoisotopic (exact) mass is 183 g/mol. The van der Waals surface area contributed by atoms with E-state index in [0.29, 0.717) is 25.0 Å². The summed E-state index contributed by atoms with van der Waals surface area (Å²) in [5, 5.41) is 3.89. The van der Waals surface area contributed by atoms with Gasteiger partial charge < -0.3 is 5.32 Å². The quantitative estimate of drug-likeness (QED) is 0.554. The Morgan fingerprint density at radius 3 is 2.67 bits per heavy atom. The van der Waals surface area contributed by atoms with Crippen molar-refractivity contribution >= 4 is 23.3 Å². The molecule has 2 aliphatic rings. The van der Waals surface area contributed by atoms with Crippen molar-refractivity contribution in [3.8, 4) is 0 Å². The summed E-state index contributed by atoms with van der Waals surface area (Å²) in [6, 6.07) is 0. The maximum absolute atomic E-state index is 11.3. The van der Waals surface area contributed by atoms with Crippen molar-refractivity contribution in [2.24, 2.45) is 0 Å². The van der Waals surface area contributed by atoms with Crippen molar-refractivity contribution in [1.82, 2.24) is 5.32 Å². The molecule has 0 bridgehead atoms. The van der Waals surface area contributed by atoms with Gasteiger partial charge in [-0.15, -0.1) is 11.8 Å². The Bertz CT molecular complexity index is 257. The van der Waals surface area contributed by atoms with Gasteiger partial charge in [-0.25, -0.2) is 0 Å². The van der Waals surface area contributed by atoms with Gasteiger partial charge in [0.15, 0.2) is 11.6 Å². The van der Waals surface area contributed by atoms with Crippen LogP contribution in [0.4, 0.5) is 0 Å². The number of rotatable bonds is 0. The second kappa shape index (κ2) is 2.94. The molecule has 0 radical (unpaired) electrons. The van der Waals surface area contributed by atoms with E-state index in [4.69, 9.17) is 0 Å². The molecule has 0 fully saturated rings. The summed E-state index contributed by atoms with van der Waals surface area (Å²) in [6.45, 7) is 0.679. The van der Waals surface area contributed by atoms with Gasteiger partial charge in [-0.2, -0.15) is 0 Å². The number of carbonyl (C=O) groups is 2. The van der Waals surface area contributed by atoms with Crippen molar-refractivity contribution in [2.45, 2.75) is 12.8 Å². The second-order valence-electron chi connectivity index (χ2n) is 2.83. The Morgan fingerprint density at radius 2 is 1.92 bits per heavy atom. The number of allylic oxidation sites excluding steroid dienone is 1. The van der Waals surface area contributed by atoms with Crippen LogP contribution in [0.25, 0.3) is 0 Å². The molecule has 0 saturated heterocycles. The molecule has 12 heavy (non-hydrogen) atoms. The van der Waals surface area contributed by atoms with Crippen LogP contribution in [0.2, 0.25) is 0 Å². The molecule has 64 valence electrons. The van der Waals surface area contributed by atoms with E-state index in [1.54, 1.807) is 11.8 Å². The lowest BCUT2D eigenvalue weighted by Gasteiger charge is -2.23. The zero-order valence-electron chi connectivity index (χ0n) is 6.55. The zero-order chi connectivity index (χ0) is 8.55. The molecule has 0 saturated carbocycles. The Labute approximate surface area is 74.6 Å². The summed E-state index contributed by atoms with van der Waals surface area (Å²) in [7, 11) is 0. The summed E-state index contributed by atoms with van der Waals surface area (Å²) in [5.41, 5.74) is 0.428.